The van der Waals surface area contributed by atoms with Gasteiger partial charge in [-0.15, -0.1) is 0 Å². The Kier molecular flexibility index (Phi) is 42.8. The first kappa shape index (κ1) is 45.2. The van der Waals surface area contributed by atoms with E-state index in [0.29, 0.717) is 12.8 Å². The number of aliphatic hydroxyl groups excluding tert-OH is 2. The molecule has 0 aliphatic carbocycles. The number of unbranched alkanes of at least 4 members (excludes halogenated alkanes) is 21. The molecule has 8 heteroatoms. The van der Waals surface area contributed by atoms with Crippen molar-refractivity contribution in [1.29, 1.82) is 0 Å². The first-order valence-electron chi connectivity index (χ1n) is 17.3. The maximum absolute atomic E-state index is 10.1. The summed E-state index contributed by atoms with van der Waals surface area (Å²) in [7, 11) is 0. The Balaban J connectivity index is -0.000000543. The third kappa shape index (κ3) is 54.8. The van der Waals surface area contributed by atoms with Crippen LogP contribution < -0.4 is 0 Å². The number of carboxylic acids is 2. The van der Waals surface area contributed by atoms with Crippen LogP contribution in [0.3, 0.4) is 0 Å². The number of carbonyl (C=O) groups is 2. The maximum Gasteiger partial charge on any atom is 0.303 e. The summed E-state index contributed by atoms with van der Waals surface area (Å²) in [5.41, 5.74) is 0. The summed E-state index contributed by atoms with van der Waals surface area (Å²) >= 11 is 0. The highest BCUT2D eigenvalue weighted by molar-refractivity contribution is 5.66. The molecule has 254 valence electrons. The van der Waals surface area contributed by atoms with E-state index in [1.165, 1.54) is 89.9 Å². The minimum atomic E-state index is -1.10. The smallest absolute Gasteiger partial charge is 0.303 e. The van der Waals surface area contributed by atoms with E-state index in [9.17, 15) is 9.59 Å². The first-order chi connectivity index (χ1) is 20.2. The van der Waals surface area contributed by atoms with E-state index in [4.69, 9.17) is 30.6 Å². The molecule has 0 saturated heterocycles. The molecule has 0 radical (unpaired) electrons. The normalized spacial score (nSPS) is 10.8. The Bertz CT molecular complexity index is 480. The van der Waals surface area contributed by atoms with E-state index in [2.05, 4.69) is 13.8 Å². The van der Waals surface area contributed by atoms with Gasteiger partial charge in [0.1, 0.15) is 0 Å². The van der Waals surface area contributed by atoms with Gasteiger partial charge < -0.3 is 30.6 Å². The predicted molar refractivity (Wildman–Crippen MR) is 172 cm³/mol. The molecule has 0 saturated carbocycles. The van der Waals surface area contributed by atoms with Crippen molar-refractivity contribution in [3.8, 4) is 0 Å². The number of rotatable bonds is 29. The van der Waals surface area contributed by atoms with Crippen LogP contribution in [0.4, 0.5) is 0 Å². The molecule has 0 aromatic rings. The van der Waals surface area contributed by atoms with Crippen molar-refractivity contribution in [1.82, 2.24) is 0 Å². The van der Waals surface area contributed by atoms with E-state index in [1.807, 2.05) is 0 Å². The van der Waals surface area contributed by atoms with E-state index >= 15 is 0 Å². The van der Waals surface area contributed by atoms with Crippen LogP contribution in [-0.4, -0.2) is 55.2 Å². The van der Waals surface area contributed by atoms with Crippen molar-refractivity contribution in [2.75, 3.05) is 0 Å². The highest BCUT2D eigenvalue weighted by Gasteiger charge is 1.99. The van der Waals surface area contributed by atoms with Gasteiger partial charge in [-0.3, -0.25) is 9.59 Å². The Morgan fingerprint density at radius 3 is 0.810 bits per heavy atom. The number of hydrogen-bond donors (Lipinski definition) is 6. The number of hydrogen-bond acceptors (Lipinski definition) is 6. The van der Waals surface area contributed by atoms with Gasteiger partial charge in [0.15, 0.2) is 12.6 Å². The molecule has 0 bridgehead atoms. The average Bonchev–Trinajstić information content (AvgIpc) is 2.93. The highest BCUT2D eigenvalue weighted by atomic mass is 16.5. The lowest BCUT2D eigenvalue weighted by Crippen LogP contribution is -2.02. The third-order valence-corrected chi connectivity index (χ3v) is 7.16. The van der Waals surface area contributed by atoms with Crippen molar-refractivity contribution in [2.24, 2.45) is 0 Å². The molecule has 0 rings (SSSR count). The molecule has 0 spiro atoms. The number of aliphatic hydroxyl groups is 4. The lowest BCUT2D eigenvalue weighted by Gasteiger charge is -2.03. The molecule has 6 N–H and O–H groups in total. The van der Waals surface area contributed by atoms with Crippen molar-refractivity contribution in [2.45, 2.75) is 206 Å². The van der Waals surface area contributed by atoms with Gasteiger partial charge in [-0.2, -0.15) is 0 Å². The second-order valence-electron chi connectivity index (χ2n) is 11.6. The van der Waals surface area contributed by atoms with Crippen molar-refractivity contribution >= 4 is 11.9 Å². The molecule has 42 heavy (non-hydrogen) atoms. The van der Waals surface area contributed by atoms with E-state index in [0.717, 1.165) is 64.2 Å². The summed E-state index contributed by atoms with van der Waals surface area (Å²) in [6.07, 6.45) is 27.6. The molecule has 8 nitrogen and oxygen atoms in total. The Labute approximate surface area is 258 Å². The summed E-state index contributed by atoms with van der Waals surface area (Å²) in [6.45, 7) is 4.47. The van der Waals surface area contributed by atoms with Crippen molar-refractivity contribution < 1.29 is 40.2 Å². The molecule has 0 atom stereocenters. The Hall–Kier alpha value is -1.22. The van der Waals surface area contributed by atoms with Gasteiger partial charge in [0.2, 0.25) is 0 Å². The molecular weight excluding hydrogens is 536 g/mol. The van der Waals surface area contributed by atoms with Crippen LogP contribution in [0.1, 0.15) is 194 Å². The predicted octanol–water partition coefficient (Wildman–Crippen LogP) is 8.71. The van der Waals surface area contributed by atoms with Crippen LogP contribution in [0.5, 0.6) is 0 Å². The molecule has 0 aliphatic rings. The van der Waals surface area contributed by atoms with Crippen LogP contribution in [0, 0.1) is 0 Å². The third-order valence-electron chi connectivity index (χ3n) is 7.16. The van der Waals surface area contributed by atoms with Gasteiger partial charge >= 0.3 is 11.9 Å². The summed E-state index contributed by atoms with van der Waals surface area (Å²) in [4.78, 5) is 20.3. The minimum absolute atomic E-state index is 0.245. The molecular formula is C34H70O8. The van der Waals surface area contributed by atoms with Gasteiger partial charge in [-0.05, 0) is 38.5 Å². The SMILES string of the molecule is CCCCCCCCCCCC(O)O.CCCCCCCCCCCC(O)O.O=C(O)CCCCCCCCC(=O)O. The van der Waals surface area contributed by atoms with E-state index in [1.54, 1.807) is 0 Å². The standard InChI is InChI=1S/2C12H26O2.C10H18O4/c2*1-2-3-4-5-6-7-8-9-10-11-12(13)14;11-9(12)7-5-3-1-2-4-6-8-10(13)14/h2*12-14H,2-11H2,1H3;1-8H2,(H,11,12)(H,13,14). The van der Waals surface area contributed by atoms with Crippen molar-refractivity contribution in [3.05, 3.63) is 0 Å². The summed E-state index contributed by atoms with van der Waals surface area (Å²) < 4.78 is 0. The van der Waals surface area contributed by atoms with Gasteiger partial charge in [-0.1, -0.05) is 142 Å². The monoisotopic (exact) mass is 607 g/mol. The molecule has 0 heterocycles. The molecule has 0 aliphatic heterocycles. The summed E-state index contributed by atoms with van der Waals surface area (Å²) in [5, 5.41) is 51.1. The summed E-state index contributed by atoms with van der Waals surface area (Å²) in [6, 6.07) is 0. The largest absolute Gasteiger partial charge is 0.481 e. The first-order valence-corrected chi connectivity index (χ1v) is 17.3. The molecule has 0 fully saturated rings. The zero-order chi connectivity index (χ0) is 32.1. The van der Waals surface area contributed by atoms with Gasteiger partial charge in [0, 0.05) is 12.8 Å². The Morgan fingerprint density at radius 2 is 0.595 bits per heavy atom. The average molecular weight is 607 g/mol. The summed E-state index contributed by atoms with van der Waals surface area (Å²) in [5.74, 6) is -1.48. The number of carboxylic acid groups (broad SMARTS) is 2. The highest BCUT2D eigenvalue weighted by Crippen LogP contribution is 2.12. The van der Waals surface area contributed by atoms with Gasteiger partial charge in [0.25, 0.3) is 0 Å². The fourth-order valence-corrected chi connectivity index (χ4v) is 4.53. The zero-order valence-corrected chi connectivity index (χ0v) is 27.5. The van der Waals surface area contributed by atoms with E-state index in [-0.39, 0.29) is 12.8 Å². The molecule has 0 unspecified atom stereocenters. The maximum atomic E-state index is 10.1. The second-order valence-corrected chi connectivity index (χ2v) is 11.6. The lowest BCUT2D eigenvalue weighted by atomic mass is 10.1. The van der Waals surface area contributed by atoms with Crippen LogP contribution in [-0.2, 0) is 9.59 Å². The molecule has 0 aromatic heterocycles. The quantitative estimate of drug-likeness (QED) is 0.0365. The van der Waals surface area contributed by atoms with Gasteiger partial charge in [0.05, 0.1) is 0 Å². The topological polar surface area (TPSA) is 156 Å². The van der Waals surface area contributed by atoms with Gasteiger partial charge in [-0.25, -0.2) is 0 Å². The lowest BCUT2D eigenvalue weighted by molar-refractivity contribution is -0.138. The fourth-order valence-electron chi connectivity index (χ4n) is 4.53. The van der Waals surface area contributed by atoms with Crippen LogP contribution in [0.2, 0.25) is 0 Å². The van der Waals surface area contributed by atoms with Crippen LogP contribution in [0.15, 0.2) is 0 Å². The zero-order valence-electron chi connectivity index (χ0n) is 27.5. The minimum Gasteiger partial charge on any atom is -0.481 e. The Morgan fingerprint density at radius 1 is 0.381 bits per heavy atom. The second kappa shape index (κ2) is 39.8. The fraction of sp³-hybridized carbons (Fsp3) is 0.941. The van der Waals surface area contributed by atoms with Crippen molar-refractivity contribution in [3.63, 3.8) is 0 Å². The van der Waals surface area contributed by atoms with Crippen LogP contribution in [0.25, 0.3) is 0 Å². The number of aliphatic carboxylic acids is 2. The van der Waals surface area contributed by atoms with E-state index < -0.39 is 24.5 Å². The molecule has 0 amide bonds. The van der Waals surface area contributed by atoms with Crippen LogP contribution >= 0.6 is 0 Å². The molecule has 0 aromatic carbocycles.